The van der Waals surface area contributed by atoms with E-state index in [4.69, 9.17) is 4.74 Å². The minimum absolute atomic E-state index is 0.0343. The van der Waals surface area contributed by atoms with Crippen molar-refractivity contribution < 1.29 is 13.5 Å². The van der Waals surface area contributed by atoms with E-state index < -0.39 is 6.17 Å². The van der Waals surface area contributed by atoms with E-state index in [0.717, 1.165) is 18.4 Å². The Morgan fingerprint density at radius 2 is 1.76 bits per heavy atom. The van der Waals surface area contributed by atoms with Crippen LogP contribution >= 0.6 is 0 Å². The van der Waals surface area contributed by atoms with Gasteiger partial charge in [0.05, 0.1) is 12.3 Å². The summed E-state index contributed by atoms with van der Waals surface area (Å²) < 4.78 is 33.7. The van der Waals surface area contributed by atoms with Crippen LogP contribution in [0, 0.1) is 11.7 Å². The predicted molar refractivity (Wildman–Crippen MR) is 117 cm³/mol. The first-order chi connectivity index (χ1) is 14.0. The molecule has 0 amide bonds. The summed E-state index contributed by atoms with van der Waals surface area (Å²) in [4.78, 5) is 4.42. The molecular weight excluding hydrogens is 368 g/mol. The van der Waals surface area contributed by atoms with Crippen LogP contribution in [0.5, 0.6) is 5.75 Å². The van der Waals surface area contributed by atoms with Gasteiger partial charge in [-0.2, -0.15) is 0 Å². The van der Waals surface area contributed by atoms with Crippen LogP contribution in [0.4, 0.5) is 8.78 Å². The first-order valence-corrected chi connectivity index (χ1v) is 11.0. The largest absolute Gasteiger partial charge is 0.491 e. The minimum atomic E-state index is -0.798. The number of nitrogens with zero attached hydrogens (tertiary/aromatic N) is 1. The smallest absolute Gasteiger partial charge is 0.165 e. The monoisotopic (exact) mass is 403 g/mol. The van der Waals surface area contributed by atoms with Gasteiger partial charge in [-0.15, -0.1) is 0 Å². The fraction of sp³-hybridized carbons (Fsp3) is 0.560. The van der Waals surface area contributed by atoms with Gasteiger partial charge in [-0.05, 0) is 55.0 Å². The van der Waals surface area contributed by atoms with Crippen molar-refractivity contribution in [2.24, 2.45) is 5.92 Å². The van der Waals surface area contributed by atoms with E-state index in [1.165, 1.54) is 31.7 Å². The van der Waals surface area contributed by atoms with Crippen LogP contribution < -0.4 is 4.74 Å². The molecule has 4 heteroatoms. The molecule has 1 atom stereocenters. The summed E-state index contributed by atoms with van der Waals surface area (Å²) in [6, 6.07) is 8.78. The third kappa shape index (κ3) is 8.12. The Labute approximate surface area is 174 Å². The van der Waals surface area contributed by atoms with Crippen molar-refractivity contribution in [3.8, 4) is 17.0 Å². The van der Waals surface area contributed by atoms with Gasteiger partial charge in [0.1, 0.15) is 6.17 Å². The zero-order valence-electron chi connectivity index (χ0n) is 18.1. The van der Waals surface area contributed by atoms with Crippen molar-refractivity contribution in [2.75, 3.05) is 6.61 Å². The second kappa shape index (κ2) is 12.6. The second-order valence-corrected chi connectivity index (χ2v) is 8.11. The molecule has 1 heterocycles. The van der Waals surface area contributed by atoms with Crippen molar-refractivity contribution in [3.63, 3.8) is 0 Å². The van der Waals surface area contributed by atoms with Crippen molar-refractivity contribution >= 4 is 0 Å². The lowest BCUT2D eigenvalue weighted by atomic mass is 10.0. The zero-order valence-corrected chi connectivity index (χ0v) is 18.1. The third-order valence-electron chi connectivity index (χ3n) is 5.24. The molecule has 0 aliphatic carbocycles. The Morgan fingerprint density at radius 1 is 1.00 bits per heavy atom. The Kier molecular flexibility index (Phi) is 10.1. The molecule has 0 radical (unpaired) electrons. The second-order valence-electron chi connectivity index (χ2n) is 8.11. The van der Waals surface area contributed by atoms with Crippen LogP contribution in [-0.4, -0.2) is 17.8 Å². The Hall–Kier alpha value is -1.97. The lowest BCUT2D eigenvalue weighted by Gasteiger charge is -2.11. The van der Waals surface area contributed by atoms with Gasteiger partial charge >= 0.3 is 0 Å². The van der Waals surface area contributed by atoms with Crippen molar-refractivity contribution in [3.05, 3.63) is 47.9 Å². The van der Waals surface area contributed by atoms with Gasteiger partial charge in [-0.3, -0.25) is 4.98 Å². The molecule has 0 fully saturated rings. The number of hydrogen-bond donors (Lipinski definition) is 0. The number of hydrogen-bond acceptors (Lipinski definition) is 2. The van der Waals surface area contributed by atoms with Crippen LogP contribution in [0.3, 0.4) is 0 Å². The van der Waals surface area contributed by atoms with Gasteiger partial charge in [-0.25, -0.2) is 8.78 Å². The van der Waals surface area contributed by atoms with Crippen molar-refractivity contribution in [2.45, 2.75) is 78.3 Å². The van der Waals surface area contributed by atoms with Gasteiger partial charge in [0.15, 0.2) is 11.6 Å². The maximum Gasteiger partial charge on any atom is 0.165 e. The fourth-order valence-electron chi connectivity index (χ4n) is 3.22. The van der Waals surface area contributed by atoms with E-state index in [2.05, 4.69) is 11.9 Å². The molecule has 0 N–H and O–H groups in total. The molecule has 1 aromatic carbocycles. The van der Waals surface area contributed by atoms with Crippen molar-refractivity contribution in [1.29, 1.82) is 0 Å². The van der Waals surface area contributed by atoms with Crippen molar-refractivity contribution in [1.82, 2.24) is 4.98 Å². The van der Waals surface area contributed by atoms with Gasteiger partial charge in [0, 0.05) is 11.8 Å². The molecule has 0 bridgehead atoms. The fourth-order valence-corrected chi connectivity index (χ4v) is 3.22. The summed E-state index contributed by atoms with van der Waals surface area (Å²) in [5.74, 6) is -0.0369. The molecule has 1 unspecified atom stereocenters. The zero-order chi connectivity index (χ0) is 21.1. The Balaban J connectivity index is 1.84. The maximum atomic E-state index is 14.4. The predicted octanol–water partition coefficient (Wildman–Crippen LogP) is 7.55. The summed E-state index contributed by atoms with van der Waals surface area (Å²) in [5, 5.41) is 0. The molecular formula is C25H35F2NO. The standard InChI is InChI=1S/C25H35F2NO/c1-4-5-6-7-8-9-16-29-25-15-12-21(17-23(25)27)24-14-11-20(18-28-24)10-13-22(26)19(2)3/h11-12,14-15,17-19,22H,4-10,13,16H2,1-3H3. The van der Waals surface area contributed by atoms with Crippen LogP contribution in [-0.2, 0) is 6.42 Å². The highest BCUT2D eigenvalue weighted by Gasteiger charge is 2.12. The number of ether oxygens (including phenoxy) is 1. The number of halogens is 2. The quantitative estimate of drug-likeness (QED) is 0.322. The van der Waals surface area contributed by atoms with Crippen LogP contribution in [0.15, 0.2) is 36.5 Å². The van der Waals surface area contributed by atoms with Crippen LogP contribution in [0.1, 0.15) is 71.3 Å². The molecule has 2 rings (SSSR count). The first-order valence-electron chi connectivity index (χ1n) is 11.0. The molecule has 1 aromatic heterocycles. The average molecular weight is 404 g/mol. The normalized spacial score (nSPS) is 12.3. The summed E-state index contributed by atoms with van der Waals surface area (Å²) in [5.41, 5.74) is 2.42. The summed E-state index contributed by atoms with van der Waals surface area (Å²) >= 11 is 0. The summed E-state index contributed by atoms with van der Waals surface area (Å²) in [6.45, 7) is 6.53. The molecule has 2 aromatic rings. The average Bonchev–Trinajstić information content (AvgIpc) is 2.72. The molecule has 0 spiro atoms. The van der Waals surface area contributed by atoms with Gasteiger partial charge in [-0.1, -0.05) is 58.9 Å². The van der Waals surface area contributed by atoms with Crippen LogP contribution in [0.25, 0.3) is 11.3 Å². The van der Waals surface area contributed by atoms with E-state index in [9.17, 15) is 8.78 Å². The topological polar surface area (TPSA) is 22.1 Å². The Morgan fingerprint density at radius 3 is 2.41 bits per heavy atom. The van der Waals surface area contributed by atoms with E-state index in [-0.39, 0.29) is 11.7 Å². The van der Waals surface area contributed by atoms with Gasteiger partial charge < -0.3 is 4.74 Å². The summed E-state index contributed by atoms with van der Waals surface area (Å²) in [7, 11) is 0. The molecule has 0 saturated carbocycles. The molecule has 0 aliphatic heterocycles. The van der Waals surface area contributed by atoms with E-state index in [1.54, 1.807) is 12.3 Å². The number of alkyl halides is 1. The first kappa shape index (κ1) is 23.3. The minimum Gasteiger partial charge on any atom is -0.491 e. The number of unbranched alkanes of at least 4 members (excludes halogenated alkanes) is 5. The highest BCUT2D eigenvalue weighted by molar-refractivity contribution is 5.60. The Bertz CT molecular complexity index is 715. The number of benzene rings is 1. The number of pyridine rings is 1. The van der Waals surface area contributed by atoms with E-state index in [1.807, 2.05) is 32.0 Å². The van der Waals surface area contributed by atoms with Gasteiger partial charge in [0.25, 0.3) is 0 Å². The number of aryl methyl sites for hydroxylation is 1. The molecule has 2 nitrogen and oxygen atoms in total. The highest BCUT2D eigenvalue weighted by atomic mass is 19.1. The SMILES string of the molecule is CCCCCCCCOc1ccc(-c2ccc(CCC(F)C(C)C)cn2)cc1F. The lowest BCUT2D eigenvalue weighted by molar-refractivity contribution is 0.240. The summed E-state index contributed by atoms with van der Waals surface area (Å²) in [6.07, 6.45) is 9.17. The molecule has 160 valence electrons. The number of rotatable bonds is 13. The van der Waals surface area contributed by atoms with E-state index in [0.29, 0.717) is 36.5 Å². The van der Waals surface area contributed by atoms with Crippen LogP contribution in [0.2, 0.25) is 0 Å². The number of aromatic nitrogens is 1. The third-order valence-corrected chi connectivity index (χ3v) is 5.24. The molecule has 29 heavy (non-hydrogen) atoms. The molecule has 0 saturated heterocycles. The maximum absolute atomic E-state index is 14.4. The molecule has 0 aliphatic rings. The highest BCUT2D eigenvalue weighted by Crippen LogP contribution is 2.25. The van der Waals surface area contributed by atoms with Gasteiger partial charge in [0.2, 0.25) is 0 Å². The van der Waals surface area contributed by atoms with E-state index >= 15 is 0 Å². The lowest BCUT2D eigenvalue weighted by Crippen LogP contribution is -2.10.